The van der Waals surface area contributed by atoms with Crippen LogP contribution >= 0.6 is 0 Å². The van der Waals surface area contributed by atoms with Crippen LogP contribution < -0.4 is 0 Å². The van der Waals surface area contributed by atoms with Crippen molar-refractivity contribution in [2.45, 2.75) is 32.5 Å². The molecule has 0 N–H and O–H groups in total. The predicted molar refractivity (Wildman–Crippen MR) is 64.9 cm³/mol. The SMILES string of the molecule is CC(=O)c1ccc(C2(C)OCCCCO2)cc1. The van der Waals surface area contributed by atoms with Crippen LogP contribution in [-0.2, 0) is 15.3 Å². The Labute approximate surface area is 102 Å². The number of benzene rings is 1. The Morgan fingerprint density at radius 1 is 1.12 bits per heavy atom. The highest BCUT2D eigenvalue weighted by molar-refractivity contribution is 5.94. The lowest BCUT2D eigenvalue weighted by atomic mass is 10.0. The van der Waals surface area contributed by atoms with Gasteiger partial charge in [0.15, 0.2) is 11.6 Å². The lowest BCUT2D eigenvalue weighted by Gasteiger charge is -2.28. The van der Waals surface area contributed by atoms with Crippen LogP contribution in [0.5, 0.6) is 0 Å². The van der Waals surface area contributed by atoms with E-state index in [0.717, 1.165) is 18.4 Å². The fraction of sp³-hybridized carbons (Fsp3) is 0.500. The maximum Gasteiger partial charge on any atom is 0.191 e. The summed E-state index contributed by atoms with van der Waals surface area (Å²) in [6.07, 6.45) is 2.06. The lowest BCUT2D eigenvalue weighted by Crippen LogP contribution is -2.28. The van der Waals surface area contributed by atoms with Gasteiger partial charge in [-0.25, -0.2) is 0 Å². The van der Waals surface area contributed by atoms with Crippen LogP contribution in [0, 0.1) is 0 Å². The number of hydrogen-bond donors (Lipinski definition) is 0. The molecule has 1 aromatic rings. The summed E-state index contributed by atoms with van der Waals surface area (Å²) in [7, 11) is 0. The minimum atomic E-state index is -0.675. The summed E-state index contributed by atoms with van der Waals surface area (Å²) < 4.78 is 11.5. The Bertz CT molecular complexity index is 386. The smallest absolute Gasteiger partial charge is 0.191 e. The molecule has 0 unspecified atom stereocenters. The van der Waals surface area contributed by atoms with Crippen LogP contribution in [0.1, 0.15) is 42.6 Å². The van der Waals surface area contributed by atoms with Gasteiger partial charge in [-0.2, -0.15) is 0 Å². The molecule has 1 fully saturated rings. The molecule has 0 saturated carbocycles. The molecule has 1 saturated heterocycles. The van der Waals surface area contributed by atoms with Gasteiger partial charge in [0.1, 0.15) is 0 Å². The first-order valence-corrected chi connectivity index (χ1v) is 6.01. The van der Waals surface area contributed by atoms with Crippen molar-refractivity contribution in [1.82, 2.24) is 0 Å². The molecule has 1 aliphatic rings. The van der Waals surface area contributed by atoms with E-state index in [2.05, 4.69) is 0 Å². The van der Waals surface area contributed by atoms with Crippen LogP contribution in [0.3, 0.4) is 0 Å². The van der Waals surface area contributed by atoms with E-state index in [1.807, 2.05) is 31.2 Å². The third-order valence-corrected chi connectivity index (χ3v) is 3.11. The van der Waals surface area contributed by atoms with E-state index < -0.39 is 5.79 Å². The summed E-state index contributed by atoms with van der Waals surface area (Å²) in [6.45, 7) is 4.92. The van der Waals surface area contributed by atoms with Gasteiger partial charge < -0.3 is 9.47 Å². The molecule has 0 aliphatic carbocycles. The van der Waals surface area contributed by atoms with Crippen molar-refractivity contribution in [2.75, 3.05) is 13.2 Å². The number of carbonyl (C=O) groups excluding carboxylic acids is 1. The normalized spacial score (nSPS) is 19.6. The second-order valence-electron chi connectivity index (χ2n) is 4.48. The zero-order chi connectivity index (χ0) is 12.3. The van der Waals surface area contributed by atoms with E-state index in [1.54, 1.807) is 6.92 Å². The summed E-state index contributed by atoms with van der Waals surface area (Å²) in [4.78, 5) is 11.2. The van der Waals surface area contributed by atoms with E-state index >= 15 is 0 Å². The summed E-state index contributed by atoms with van der Waals surface area (Å²) >= 11 is 0. The number of rotatable bonds is 2. The molecule has 92 valence electrons. The summed E-state index contributed by atoms with van der Waals surface area (Å²) in [5.74, 6) is -0.601. The highest BCUT2D eigenvalue weighted by Crippen LogP contribution is 2.29. The maximum absolute atomic E-state index is 11.2. The highest BCUT2D eigenvalue weighted by Gasteiger charge is 2.29. The molecule has 3 heteroatoms. The first-order chi connectivity index (χ1) is 8.12. The van der Waals surface area contributed by atoms with Gasteiger partial charge in [0.05, 0.1) is 13.2 Å². The van der Waals surface area contributed by atoms with E-state index in [0.29, 0.717) is 18.8 Å². The molecule has 0 bridgehead atoms. The van der Waals surface area contributed by atoms with Crippen LogP contribution in [0.15, 0.2) is 24.3 Å². The van der Waals surface area contributed by atoms with Gasteiger partial charge in [-0.15, -0.1) is 0 Å². The Morgan fingerprint density at radius 3 is 2.12 bits per heavy atom. The van der Waals surface area contributed by atoms with Gasteiger partial charge in [0.2, 0.25) is 0 Å². The first-order valence-electron chi connectivity index (χ1n) is 6.01. The standard InChI is InChI=1S/C14H18O3/c1-11(15)12-5-7-13(8-6-12)14(2)16-9-3-4-10-17-14/h5-8H,3-4,9-10H2,1-2H3. The Morgan fingerprint density at radius 2 is 1.65 bits per heavy atom. The van der Waals surface area contributed by atoms with Gasteiger partial charge in [-0.1, -0.05) is 24.3 Å². The van der Waals surface area contributed by atoms with Crippen molar-refractivity contribution >= 4 is 5.78 Å². The summed E-state index contributed by atoms with van der Waals surface area (Å²) in [6, 6.07) is 7.45. The number of Topliss-reactive ketones (excluding diaryl/α,β-unsaturated/α-hetero) is 1. The average Bonchev–Trinajstić information content (AvgIpc) is 2.55. The molecule has 3 nitrogen and oxygen atoms in total. The molecule has 0 atom stereocenters. The molecule has 1 aromatic carbocycles. The number of hydrogen-bond acceptors (Lipinski definition) is 3. The van der Waals surface area contributed by atoms with E-state index in [-0.39, 0.29) is 5.78 Å². The van der Waals surface area contributed by atoms with Crippen LogP contribution in [-0.4, -0.2) is 19.0 Å². The monoisotopic (exact) mass is 234 g/mol. The highest BCUT2D eigenvalue weighted by atomic mass is 16.7. The predicted octanol–water partition coefficient (Wildman–Crippen LogP) is 2.89. The Kier molecular flexibility index (Phi) is 3.60. The van der Waals surface area contributed by atoms with Crippen molar-refractivity contribution in [3.63, 3.8) is 0 Å². The minimum Gasteiger partial charge on any atom is -0.346 e. The van der Waals surface area contributed by atoms with Crippen molar-refractivity contribution in [1.29, 1.82) is 0 Å². The molecule has 0 spiro atoms. The molecule has 0 radical (unpaired) electrons. The van der Waals surface area contributed by atoms with E-state index in [9.17, 15) is 4.79 Å². The largest absolute Gasteiger partial charge is 0.346 e. The van der Waals surface area contributed by atoms with Crippen LogP contribution in [0.4, 0.5) is 0 Å². The second-order valence-corrected chi connectivity index (χ2v) is 4.48. The molecule has 1 aliphatic heterocycles. The van der Waals surface area contributed by atoms with Gasteiger partial charge in [-0.05, 0) is 26.7 Å². The Balaban J connectivity index is 2.22. The average molecular weight is 234 g/mol. The van der Waals surface area contributed by atoms with Crippen LogP contribution in [0.2, 0.25) is 0 Å². The summed E-state index contributed by atoms with van der Waals surface area (Å²) in [5, 5.41) is 0. The van der Waals surface area contributed by atoms with Crippen molar-refractivity contribution in [2.24, 2.45) is 0 Å². The summed E-state index contributed by atoms with van der Waals surface area (Å²) in [5.41, 5.74) is 1.68. The maximum atomic E-state index is 11.2. The topological polar surface area (TPSA) is 35.5 Å². The van der Waals surface area contributed by atoms with Crippen LogP contribution in [0.25, 0.3) is 0 Å². The molecule has 0 aromatic heterocycles. The molecular formula is C14H18O3. The number of carbonyl (C=O) groups is 1. The van der Waals surface area contributed by atoms with Crippen molar-refractivity contribution in [3.8, 4) is 0 Å². The van der Waals surface area contributed by atoms with Crippen molar-refractivity contribution in [3.05, 3.63) is 35.4 Å². The molecule has 2 rings (SSSR count). The molecule has 17 heavy (non-hydrogen) atoms. The lowest BCUT2D eigenvalue weighted by molar-refractivity contribution is -0.221. The van der Waals surface area contributed by atoms with E-state index in [4.69, 9.17) is 9.47 Å². The van der Waals surface area contributed by atoms with Gasteiger partial charge in [-0.3, -0.25) is 4.79 Å². The minimum absolute atomic E-state index is 0.0735. The number of ketones is 1. The van der Waals surface area contributed by atoms with E-state index in [1.165, 1.54) is 0 Å². The van der Waals surface area contributed by atoms with Gasteiger partial charge in [0, 0.05) is 11.1 Å². The third kappa shape index (κ3) is 2.73. The molecular weight excluding hydrogens is 216 g/mol. The second kappa shape index (κ2) is 4.98. The van der Waals surface area contributed by atoms with Gasteiger partial charge in [0.25, 0.3) is 0 Å². The fourth-order valence-electron chi connectivity index (χ4n) is 1.95. The fourth-order valence-corrected chi connectivity index (χ4v) is 1.95. The zero-order valence-electron chi connectivity index (χ0n) is 10.4. The quantitative estimate of drug-likeness (QED) is 0.738. The first kappa shape index (κ1) is 12.3. The third-order valence-electron chi connectivity index (χ3n) is 3.11. The zero-order valence-corrected chi connectivity index (χ0v) is 10.4. The van der Waals surface area contributed by atoms with Gasteiger partial charge >= 0.3 is 0 Å². The van der Waals surface area contributed by atoms with Crippen molar-refractivity contribution < 1.29 is 14.3 Å². The molecule has 1 heterocycles. The Hall–Kier alpha value is -1.19. The number of ether oxygens (including phenoxy) is 2. The molecule has 0 amide bonds.